The molecule has 3 aromatic rings. The highest BCUT2D eigenvalue weighted by Gasteiger charge is 2.18. The Morgan fingerprint density at radius 1 is 0.920 bits per heavy atom. The second-order valence-electron chi connectivity index (χ2n) is 5.40. The Bertz CT molecular complexity index is 856. The fourth-order valence-electron chi connectivity index (χ4n) is 2.36. The lowest BCUT2D eigenvalue weighted by atomic mass is 10.0. The molecule has 0 fully saturated rings. The lowest BCUT2D eigenvalue weighted by Crippen LogP contribution is -2.27. The molecule has 0 bridgehead atoms. The molecule has 3 rings (SSSR count). The lowest BCUT2D eigenvalue weighted by Gasteiger charge is -2.11. The zero-order valence-corrected chi connectivity index (χ0v) is 14.8. The van der Waals surface area contributed by atoms with Gasteiger partial charge >= 0.3 is 0 Å². The molecule has 0 saturated carbocycles. The summed E-state index contributed by atoms with van der Waals surface area (Å²) in [6.45, 7) is 1.82. The number of nitrogens with one attached hydrogen (secondary N) is 1. The average Bonchev–Trinajstić information content (AvgIpc) is 2.68. The number of carbonyl (C=O) groups is 1. The minimum absolute atomic E-state index is 0.0676. The van der Waals surface area contributed by atoms with E-state index in [4.69, 9.17) is 0 Å². The first kappa shape index (κ1) is 17.1. The third-order valence-corrected chi connectivity index (χ3v) is 4.61. The molecular weight excluding hydrogens is 332 g/mol. The van der Waals surface area contributed by atoms with Crippen LogP contribution in [0.2, 0.25) is 0 Å². The molecule has 0 spiro atoms. The number of hydrogen-bond donors (Lipinski definition) is 1. The van der Waals surface area contributed by atoms with Crippen LogP contribution in [0, 0.1) is 0 Å². The number of benzene rings is 2. The second kappa shape index (κ2) is 7.90. The molecule has 5 nitrogen and oxygen atoms in total. The maximum Gasteiger partial charge on any atom is 0.233 e. The van der Waals surface area contributed by atoms with Gasteiger partial charge < -0.3 is 5.32 Å². The van der Waals surface area contributed by atoms with Crippen molar-refractivity contribution in [1.82, 2.24) is 20.5 Å². The van der Waals surface area contributed by atoms with Gasteiger partial charge in [0.25, 0.3) is 0 Å². The topological polar surface area (TPSA) is 67.8 Å². The number of aromatic nitrogens is 3. The Labute approximate surface area is 150 Å². The number of carbonyl (C=O) groups excluding carboxylic acids is 1. The third-order valence-electron chi connectivity index (χ3n) is 3.66. The van der Waals surface area contributed by atoms with Gasteiger partial charge in [-0.2, -0.15) is 0 Å². The summed E-state index contributed by atoms with van der Waals surface area (Å²) in [5.41, 5.74) is 3.40. The molecule has 1 aromatic heterocycles. The zero-order chi connectivity index (χ0) is 17.6. The van der Waals surface area contributed by atoms with E-state index in [0.717, 1.165) is 22.5 Å². The minimum atomic E-state index is -0.294. The molecule has 1 atom stereocenters. The van der Waals surface area contributed by atoms with Gasteiger partial charge in [0.15, 0.2) is 0 Å². The Balaban J connectivity index is 2.04. The molecule has 126 valence electrons. The number of nitrogens with zero attached hydrogens (tertiary/aromatic N) is 3. The highest BCUT2D eigenvalue weighted by atomic mass is 32.2. The van der Waals surface area contributed by atoms with E-state index < -0.39 is 0 Å². The molecule has 1 heterocycles. The minimum Gasteiger partial charge on any atom is -0.358 e. The van der Waals surface area contributed by atoms with Crippen LogP contribution >= 0.6 is 11.8 Å². The van der Waals surface area contributed by atoms with Gasteiger partial charge in [0, 0.05) is 18.2 Å². The monoisotopic (exact) mass is 350 g/mol. The van der Waals surface area contributed by atoms with E-state index in [0.29, 0.717) is 5.16 Å². The first-order valence-corrected chi connectivity index (χ1v) is 8.81. The van der Waals surface area contributed by atoms with Crippen LogP contribution < -0.4 is 5.32 Å². The molecule has 1 amide bonds. The van der Waals surface area contributed by atoms with Crippen LogP contribution in [0.1, 0.15) is 6.92 Å². The van der Waals surface area contributed by atoms with Gasteiger partial charge in [-0.05, 0) is 6.92 Å². The molecule has 0 unspecified atom stereocenters. The normalized spacial score (nSPS) is 11.8. The first-order chi connectivity index (χ1) is 12.2. The van der Waals surface area contributed by atoms with Gasteiger partial charge in [-0.25, -0.2) is 4.98 Å². The summed E-state index contributed by atoms with van der Waals surface area (Å²) in [6, 6.07) is 19.7. The molecule has 0 radical (unpaired) electrons. The van der Waals surface area contributed by atoms with Crippen LogP contribution in [-0.4, -0.2) is 33.4 Å². The summed E-state index contributed by atoms with van der Waals surface area (Å²) < 4.78 is 0. The van der Waals surface area contributed by atoms with Crippen LogP contribution in [-0.2, 0) is 4.79 Å². The molecule has 0 aliphatic carbocycles. The molecule has 6 heteroatoms. The van der Waals surface area contributed by atoms with E-state index in [1.807, 2.05) is 67.6 Å². The Morgan fingerprint density at radius 3 is 2.04 bits per heavy atom. The summed E-state index contributed by atoms with van der Waals surface area (Å²) >= 11 is 1.29. The molecular formula is C19H18N4OS. The molecule has 0 saturated heterocycles. The highest BCUT2D eigenvalue weighted by molar-refractivity contribution is 8.00. The van der Waals surface area contributed by atoms with Crippen molar-refractivity contribution in [3.05, 3.63) is 60.7 Å². The SMILES string of the molecule is CNC(=O)[C@@H](C)Sc1nnc(-c2ccccc2)c(-c2ccccc2)n1. The van der Waals surface area contributed by atoms with Crippen molar-refractivity contribution in [3.63, 3.8) is 0 Å². The number of amides is 1. The predicted molar refractivity (Wildman–Crippen MR) is 100 cm³/mol. The third kappa shape index (κ3) is 4.03. The van der Waals surface area contributed by atoms with Crippen molar-refractivity contribution in [2.45, 2.75) is 17.3 Å². The van der Waals surface area contributed by atoms with E-state index >= 15 is 0 Å². The smallest absolute Gasteiger partial charge is 0.233 e. The lowest BCUT2D eigenvalue weighted by molar-refractivity contribution is -0.119. The van der Waals surface area contributed by atoms with Crippen molar-refractivity contribution in [2.75, 3.05) is 7.05 Å². The maximum absolute atomic E-state index is 11.8. The highest BCUT2D eigenvalue weighted by Crippen LogP contribution is 2.30. The molecule has 0 aliphatic heterocycles. The van der Waals surface area contributed by atoms with Crippen LogP contribution in [0.25, 0.3) is 22.5 Å². The number of thioether (sulfide) groups is 1. The van der Waals surface area contributed by atoms with Crippen molar-refractivity contribution in [2.24, 2.45) is 0 Å². The van der Waals surface area contributed by atoms with Gasteiger partial charge in [-0.3, -0.25) is 4.79 Å². The van der Waals surface area contributed by atoms with E-state index in [1.165, 1.54) is 11.8 Å². The number of hydrogen-bond acceptors (Lipinski definition) is 5. The van der Waals surface area contributed by atoms with Crippen LogP contribution in [0.4, 0.5) is 0 Å². The van der Waals surface area contributed by atoms with Gasteiger partial charge in [0.1, 0.15) is 11.4 Å². The molecule has 0 aliphatic rings. The Hall–Kier alpha value is -2.73. The molecule has 25 heavy (non-hydrogen) atoms. The largest absolute Gasteiger partial charge is 0.358 e. The fraction of sp³-hybridized carbons (Fsp3) is 0.158. The second-order valence-corrected chi connectivity index (χ2v) is 6.71. The Morgan fingerprint density at radius 2 is 1.48 bits per heavy atom. The van der Waals surface area contributed by atoms with E-state index in [9.17, 15) is 4.79 Å². The summed E-state index contributed by atoms with van der Waals surface area (Å²) in [7, 11) is 1.62. The quantitative estimate of drug-likeness (QED) is 0.714. The van der Waals surface area contributed by atoms with E-state index in [2.05, 4.69) is 20.5 Å². The van der Waals surface area contributed by atoms with Crippen molar-refractivity contribution in [3.8, 4) is 22.5 Å². The Kier molecular flexibility index (Phi) is 5.40. The van der Waals surface area contributed by atoms with Gasteiger partial charge in [0.05, 0.1) is 5.25 Å². The predicted octanol–water partition coefficient (Wildman–Crippen LogP) is 3.43. The molecule has 2 aromatic carbocycles. The summed E-state index contributed by atoms with van der Waals surface area (Å²) in [6.07, 6.45) is 0. The fourth-order valence-corrected chi connectivity index (χ4v) is 3.14. The van der Waals surface area contributed by atoms with Crippen molar-refractivity contribution < 1.29 is 4.79 Å². The van der Waals surface area contributed by atoms with Crippen molar-refractivity contribution >= 4 is 17.7 Å². The average molecular weight is 350 g/mol. The first-order valence-electron chi connectivity index (χ1n) is 7.93. The zero-order valence-electron chi connectivity index (χ0n) is 14.0. The summed E-state index contributed by atoms with van der Waals surface area (Å²) in [5, 5.41) is 11.4. The van der Waals surface area contributed by atoms with Crippen LogP contribution in [0.15, 0.2) is 65.8 Å². The summed E-state index contributed by atoms with van der Waals surface area (Å²) in [4.78, 5) is 16.4. The van der Waals surface area contributed by atoms with Gasteiger partial charge in [-0.15, -0.1) is 10.2 Å². The number of rotatable bonds is 5. The van der Waals surface area contributed by atoms with E-state index in [-0.39, 0.29) is 11.2 Å². The van der Waals surface area contributed by atoms with Crippen LogP contribution in [0.5, 0.6) is 0 Å². The van der Waals surface area contributed by atoms with E-state index in [1.54, 1.807) is 7.05 Å². The van der Waals surface area contributed by atoms with Gasteiger partial charge in [-0.1, -0.05) is 72.4 Å². The molecule has 1 N–H and O–H groups in total. The standard InChI is InChI=1S/C19H18N4OS/c1-13(18(24)20-2)25-19-21-16(14-9-5-3-6-10-14)17(22-23-19)15-11-7-4-8-12-15/h3-13H,1-2H3,(H,20,24)/t13-/m1/s1. The maximum atomic E-state index is 11.8. The van der Waals surface area contributed by atoms with Crippen LogP contribution in [0.3, 0.4) is 0 Å². The summed E-state index contributed by atoms with van der Waals surface area (Å²) in [5.74, 6) is -0.0676. The van der Waals surface area contributed by atoms with Crippen molar-refractivity contribution in [1.29, 1.82) is 0 Å². The van der Waals surface area contributed by atoms with Gasteiger partial charge in [0.2, 0.25) is 11.1 Å².